The van der Waals surface area contributed by atoms with Crippen LogP contribution in [0.1, 0.15) is 30.4 Å². The van der Waals surface area contributed by atoms with Gasteiger partial charge in [0.1, 0.15) is 0 Å². The van der Waals surface area contributed by atoms with E-state index in [0.29, 0.717) is 5.92 Å². The number of piperazine rings is 1. The van der Waals surface area contributed by atoms with Crippen LogP contribution in [0.2, 0.25) is 0 Å². The van der Waals surface area contributed by atoms with Crippen molar-refractivity contribution in [1.29, 1.82) is 0 Å². The van der Waals surface area contributed by atoms with Gasteiger partial charge in [-0.2, -0.15) is 0 Å². The van der Waals surface area contributed by atoms with E-state index in [2.05, 4.69) is 48.0 Å². The van der Waals surface area contributed by atoms with Crippen molar-refractivity contribution in [2.75, 3.05) is 46.3 Å². The summed E-state index contributed by atoms with van der Waals surface area (Å²) in [7, 11) is 2.21. The van der Waals surface area contributed by atoms with Crippen LogP contribution in [0.3, 0.4) is 0 Å². The van der Waals surface area contributed by atoms with E-state index in [9.17, 15) is 0 Å². The molecule has 0 saturated carbocycles. The molecule has 0 aromatic heterocycles. The second-order valence-corrected chi connectivity index (χ2v) is 6.11. The molecule has 1 unspecified atom stereocenters. The van der Waals surface area contributed by atoms with Crippen LogP contribution >= 0.6 is 0 Å². The van der Waals surface area contributed by atoms with Crippen molar-refractivity contribution in [3.8, 4) is 0 Å². The average molecular weight is 275 g/mol. The van der Waals surface area contributed by atoms with E-state index in [1.165, 1.54) is 43.9 Å². The van der Waals surface area contributed by atoms with Crippen LogP contribution in [0.25, 0.3) is 0 Å². The molecule has 2 N–H and O–H groups in total. The zero-order valence-electron chi connectivity index (χ0n) is 13.0. The third-order valence-corrected chi connectivity index (χ3v) is 4.46. The molecule has 3 heteroatoms. The largest absolute Gasteiger partial charge is 0.330 e. The first-order valence-electron chi connectivity index (χ1n) is 7.89. The summed E-state index contributed by atoms with van der Waals surface area (Å²) < 4.78 is 0. The molecule has 1 saturated heterocycles. The predicted octanol–water partition coefficient (Wildman–Crippen LogP) is 1.93. The fourth-order valence-electron chi connectivity index (χ4n) is 2.79. The number of hydrogen-bond acceptors (Lipinski definition) is 3. The van der Waals surface area contributed by atoms with E-state index in [0.717, 1.165) is 19.4 Å². The van der Waals surface area contributed by atoms with Crippen molar-refractivity contribution >= 4 is 0 Å². The van der Waals surface area contributed by atoms with Gasteiger partial charge in [-0.25, -0.2) is 0 Å². The maximum Gasteiger partial charge on any atom is 0.0110 e. The Balaban J connectivity index is 1.79. The second-order valence-electron chi connectivity index (χ2n) is 6.11. The highest BCUT2D eigenvalue weighted by Crippen LogP contribution is 2.19. The molecule has 2 rings (SSSR count). The Bertz CT molecular complexity index is 380. The number of hydrogen-bond donors (Lipinski definition) is 1. The summed E-state index contributed by atoms with van der Waals surface area (Å²) in [6.07, 6.45) is 2.23. The van der Waals surface area contributed by atoms with Crippen molar-refractivity contribution in [2.45, 2.75) is 25.7 Å². The minimum absolute atomic E-state index is 0.576. The van der Waals surface area contributed by atoms with E-state index in [1.807, 2.05) is 0 Å². The van der Waals surface area contributed by atoms with Gasteiger partial charge in [0.15, 0.2) is 0 Å². The maximum atomic E-state index is 5.63. The first-order chi connectivity index (χ1) is 9.69. The lowest BCUT2D eigenvalue weighted by molar-refractivity contribution is 0.155. The van der Waals surface area contributed by atoms with Crippen molar-refractivity contribution < 1.29 is 0 Å². The number of nitrogens with two attached hydrogens (primary N) is 1. The number of rotatable bonds is 6. The van der Waals surface area contributed by atoms with Gasteiger partial charge in [0.2, 0.25) is 0 Å². The van der Waals surface area contributed by atoms with Gasteiger partial charge in [-0.1, -0.05) is 31.2 Å². The average Bonchev–Trinajstić information content (AvgIpc) is 2.47. The normalized spacial score (nSPS) is 19.1. The lowest BCUT2D eigenvalue weighted by atomic mass is 9.96. The smallest absolute Gasteiger partial charge is 0.0110 e. The lowest BCUT2D eigenvalue weighted by Crippen LogP contribution is -2.45. The van der Waals surface area contributed by atoms with Gasteiger partial charge >= 0.3 is 0 Å². The lowest BCUT2D eigenvalue weighted by Gasteiger charge is -2.32. The Hall–Kier alpha value is -0.900. The topological polar surface area (TPSA) is 32.5 Å². The first kappa shape index (κ1) is 15.5. The van der Waals surface area contributed by atoms with Gasteiger partial charge in [0.25, 0.3) is 0 Å². The minimum atomic E-state index is 0.576. The molecule has 112 valence electrons. The van der Waals surface area contributed by atoms with E-state index in [4.69, 9.17) is 5.73 Å². The maximum absolute atomic E-state index is 5.63. The summed E-state index contributed by atoms with van der Waals surface area (Å²) in [5, 5.41) is 0. The third kappa shape index (κ3) is 4.58. The fourth-order valence-corrected chi connectivity index (χ4v) is 2.79. The third-order valence-electron chi connectivity index (χ3n) is 4.46. The van der Waals surface area contributed by atoms with Crippen LogP contribution in [0.15, 0.2) is 24.3 Å². The molecule has 0 spiro atoms. The Morgan fingerprint density at radius 1 is 1.10 bits per heavy atom. The van der Waals surface area contributed by atoms with Crippen molar-refractivity contribution in [1.82, 2.24) is 9.80 Å². The first-order valence-corrected chi connectivity index (χ1v) is 7.89. The zero-order chi connectivity index (χ0) is 14.4. The van der Waals surface area contributed by atoms with Gasteiger partial charge in [-0.15, -0.1) is 0 Å². The van der Waals surface area contributed by atoms with Crippen LogP contribution in [0, 0.1) is 0 Å². The molecule has 1 aliphatic rings. The molecular weight excluding hydrogens is 246 g/mol. The minimum Gasteiger partial charge on any atom is -0.330 e. The second kappa shape index (κ2) is 7.77. The van der Waals surface area contributed by atoms with Crippen LogP contribution in [0.5, 0.6) is 0 Å². The SMILES string of the molecule is CC(CCN)c1ccc(CCN2CCN(C)CC2)cc1. The monoisotopic (exact) mass is 275 g/mol. The Morgan fingerprint density at radius 3 is 2.35 bits per heavy atom. The molecule has 1 atom stereocenters. The highest BCUT2D eigenvalue weighted by molar-refractivity contribution is 5.25. The van der Waals surface area contributed by atoms with Crippen LogP contribution in [0.4, 0.5) is 0 Å². The molecule has 20 heavy (non-hydrogen) atoms. The standard InChI is InChI=1S/C17H29N3/c1-15(7-9-18)17-5-3-16(4-6-17)8-10-20-13-11-19(2)12-14-20/h3-6,15H,7-14,18H2,1-2H3. The highest BCUT2D eigenvalue weighted by atomic mass is 15.2. The molecule has 1 aliphatic heterocycles. The van der Waals surface area contributed by atoms with E-state index < -0.39 is 0 Å². The summed E-state index contributed by atoms with van der Waals surface area (Å²) >= 11 is 0. The molecule has 3 nitrogen and oxygen atoms in total. The Labute approximate surface area is 123 Å². The van der Waals surface area contributed by atoms with Crippen molar-refractivity contribution in [3.63, 3.8) is 0 Å². The molecule has 0 bridgehead atoms. The molecule has 1 aromatic rings. The van der Waals surface area contributed by atoms with Gasteiger partial charge in [0, 0.05) is 32.7 Å². The Morgan fingerprint density at radius 2 is 1.75 bits per heavy atom. The molecule has 1 heterocycles. The number of benzene rings is 1. The molecule has 0 amide bonds. The number of likely N-dealkylation sites (N-methyl/N-ethyl adjacent to an activating group) is 1. The molecule has 1 fully saturated rings. The molecule has 0 radical (unpaired) electrons. The summed E-state index contributed by atoms with van der Waals surface area (Å²) in [5.74, 6) is 0.576. The summed E-state index contributed by atoms with van der Waals surface area (Å²) in [4.78, 5) is 4.98. The van der Waals surface area contributed by atoms with Crippen LogP contribution < -0.4 is 5.73 Å². The predicted molar refractivity (Wildman–Crippen MR) is 86.2 cm³/mol. The fraction of sp³-hybridized carbons (Fsp3) is 0.647. The number of nitrogens with zero attached hydrogens (tertiary/aromatic N) is 2. The van der Waals surface area contributed by atoms with Gasteiger partial charge in [0.05, 0.1) is 0 Å². The Kier molecular flexibility index (Phi) is 6.02. The zero-order valence-corrected chi connectivity index (χ0v) is 13.0. The van der Waals surface area contributed by atoms with Gasteiger partial charge in [-0.05, 0) is 43.5 Å². The molecular formula is C17H29N3. The quantitative estimate of drug-likeness (QED) is 0.861. The van der Waals surface area contributed by atoms with Crippen LogP contribution in [-0.2, 0) is 6.42 Å². The van der Waals surface area contributed by atoms with E-state index in [1.54, 1.807) is 0 Å². The van der Waals surface area contributed by atoms with Crippen molar-refractivity contribution in [2.24, 2.45) is 5.73 Å². The summed E-state index contributed by atoms with van der Waals surface area (Å²) in [5.41, 5.74) is 8.49. The van der Waals surface area contributed by atoms with Crippen molar-refractivity contribution in [3.05, 3.63) is 35.4 Å². The van der Waals surface area contributed by atoms with E-state index in [-0.39, 0.29) is 0 Å². The molecule has 0 aliphatic carbocycles. The van der Waals surface area contributed by atoms with Gasteiger partial charge in [-0.3, -0.25) is 0 Å². The summed E-state index contributed by atoms with van der Waals surface area (Å²) in [6, 6.07) is 9.14. The summed E-state index contributed by atoms with van der Waals surface area (Å²) in [6.45, 7) is 9.04. The van der Waals surface area contributed by atoms with E-state index >= 15 is 0 Å². The molecule has 1 aromatic carbocycles. The van der Waals surface area contributed by atoms with Gasteiger partial charge < -0.3 is 15.5 Å². The highest BCUT2D eigenvalue weighted by Gasteiger charge is 2.13. The van der Waals surface area contributed by atoms with Crippen LogP contribution in [-0.4, -0.2) is 56.1 Å².